The van der Waals surface area contributed by atoms with E-state index in [1.165, 1.54) is 22.2 Å². The molecule has 7 heteroatoms. The first-order chi connectivity index (χ1) is 12.1. The van der Waals surface area contributed by atoms with Gasteiger partial charge in [-0.25, -0.2) is 4.79 Å². The molecule has 0 spiro atoms. The first kappa shape index (κ1) is 16.3. The number of fused-ring (bicyclic) bond motifs is 1. The summed E-state index contributed by atoms with van der Waals surface area (Å²) in [5, 5.41) is 16.0. The van der Waals surface area contributed by atoms with E-state index in [2.05, 4.69) is 10.5 Å². The summed E-state index contributed by atoms with van der Waals surface area (Å²) in [6.07, 6.45) is 8.45. The number of likely N-dealkylation sites (tertiary alicyclic amines) is 1. The van der Waals surface area contributed by atoms with Crippen LogP contribution in [-0.2, 0) is 23.2 Å². The van der Waals surface area contributed by atoms with Crippen LogP contribution in [0, 0.1) is 0 Å². The zero-order chi connectivity index (χ0) is 17.4. The molecular formula is C18H21N3O3S. The quantitative estimate of drug-likeness (QED) is 0.914. The maximum Gasteiger partial charge on any atom is 0.331 e. The number of carbonyl (C=O) groups excluding carboxylic acids is 1. The Kier molecular flexibility index (Phi) is 4.11. The van der Waals surface area contributed by atoms with Gasteiger partial charge in [0.2, 0.25) is 0 Å². The molecule has 25 heavy (non-hydrogen) atoms. The zero-order valence-corrected chi connectivity index (χ0v) is 14.8. The number of piperidine rings is 1. The van der Waals surface area contributed by atoms with Gasteiger partial charge in [-0.1, -0.05) is 0 Å². The number of hydrogen-bond acceptors (Lipinski definition) is 4. The Morgan fingerprint density at radius 3 is 2.64 bits per heavy atom. The molecule has 2 aromatic rings. The summed E-state index contributed by atoms with van der Waals surface area (Å²) in [6.45, 7) is 0.884. The number of aryl methyl sites for hydroxylation is 1. The van der Waals surface area contributed by atoms with Crippen LogP contribution in [0.15, 0.2) is 23.8 Å². The molecule has 6 nitrogen and oxygen atoms in total. The Hall–Kier alpha value is -2.15. The lowest BCUT2D eigenvalue weighted by Crippen LogP contribution is -2.52. The maximum atomic E-state index is 13.0. The topological polar surface area (TPSA) is 75.4 Å². The van der Waals surface area contributed by atoms with Crippen LogP contribution < -0.4 is 0 Å². The van der Waals surface area contributed by atoms with Crippen LogP contribution in [0.5, 0.6) is 0 Å². The molecule has 1 fully saturated rings. The summed E-state index contributed by atoms with van der Waals surface area (Å²) in [7, 11) is 0. The highest BCUT2D eigenvalue weighted by molar-refractivity contribution is 7.12. The van der Waals surface area contributed by atoms with Crippen LogP contribution in [0.3, 0.4) is 0 Å². The van der Waals surface area contributed by atoms with E-state index in [9.17, 15) is 14.7 Å². The number of nitrogens with zero attached hydrogens (tertiary/aromatic N) is 3. The second-order valence-electron chi connectivity index (χ2n) is 6.86. The van der Waals surface area contributed by atoms with Gasteiger partial charge in [-0.15, -0.1) is 11.3 Å². The number of amides is 1. The zero-order valence-electron chi connectivity index (χ0n) is 14.0. The highest BCUT2D eigenvalue weighted by Crippen LogP contribution is 2.34. The van der Waals surface area contributed by atoms with Gasteiger partial charge >= 0.3 is 5.97 Å². The number of hydrogen-bond donors (Lipinski definition) is 1. The minimum Gasteiger partial charge on any atom is -0.479 e. The number of rotatable bonds is 3. The second-order valence-corrected chi connectivity index (χ2v) is 7.73. The van der Waals surface area contributed by atoms with E-state index in [1.54, 1.807) is 29.8 Å². The third-order valence-corrected chi connectivity index (χ3v) is 6.58. The van der Waals surface area contributed by atoms with Crippen LogP contribution in [0.25, 0.3) is 0 Å². The molecule has 2 aromatic heterocycles. The van der Waals surface area contributed by atoms with E-state index in [0.29, 0.717) is 25.9 Å². The number of aliphatic carboxylic acids is 1. The predicted octanol–water partition coefficient (Wildman–Crippen LogP) is 2.54. The first-order valence-electron chi connectivity index (χ1n) is 8.74. The largest absolute Gasteiger partial charge is 0.479 e. The number of thiophene rings is 1. The predicted molar refractivity (Wildman–Crippen MR) is 93.9 cm³/mol. The molecule has 0 bridgehead atoms. The average molecular weight is 359 g/mol. The van der Waals surface area contributed by atoms with E-state index in [0.717, 1.165) is 24.1 Å². The van der Waals surface area contributed by atoms with Crippen LogP contribution in [0.4, 0.5) is 0 Å². The van der Waals surface area contributed by atoms with Gasteiger partial charge in [0.1, 0.15) is 0 Å². The minimum absolute atomic E-state index is 0.0626. The van der Waals surface area contributed by atoms with Crippen molar-refractivity contribution in [2.75, 3.05) is 13.1 Å². The Labute approximate surface area is 150 Å². The Morgan fingerprint density at radius 1 is 1.20 bits per heavy atom. The fraction of sp³-hybridized carbons (Fsp3) is 0.500. The van der Waals surface area contributed by atoms with Gasteiger partial charge in [0.05, 0.1) is 4.88 Å². The van der Waals surface area contributed by atoms with Crippen molar-refractivity contribution in [1.82, 2.24) is 14.7 Å². The molecule has 0 saturated carbocycles. The number of carboxylic acids is 1. The maximum absolute atomic E-state index is 13.0. The van der Waals surface area contributed by atoms with Gasteiger partial charge in [-0.05, 0) is 48.3 Å². The van der Waals surface area contributed by atoms with Gasteiger partial charge in [0.15, 0.2) is 5.54 Å². The normalized spacial score (nSPS) is 19.4. The van der Waals surface area contributed by atoms with Gasteiger partial charge in [0.25, 0.3) is 5.91 Å². The average Bonchev–Trinajstić information content (AvgIpc) is 3.31. The van der Waals surface area contributed by atoms with E-state index in [4.69, 9.17) is 0 Å². The van der Waals surface area contributed by atoms with Gasteiger partial charge in [-0.2, -0.15) is 5.10 Å². The standard InChI is InChI=1S/C18H21N3O3S/c22-16(15-14-5-2-1-4-13(14)12-25-15)20-10-6-18(7-11-20,17(23)24)21-9-3-8-19-21/h3,8-9,12H,1-2,4-7,10-11H2,(H,23,24). The molecule has 3 heterocycles. The molecule has 1 N–H and O–H groups in total. The molecule has 1 aliphatic heterocycles. The van der Waals surface area contributed by atoms with E-state index in [-0.39, 0.29) is 5.91 Å². The molecular weight excluding hydrogens is 338 g/mol. The van der Waals surface area contributed by atoms with Gasteiger partial charge in [-0.3, -0.25) is 9.48 Å². The van der Waals surface area contributed by atoms with Crippen molar-refractivity contribution in [2.45, 2.75) is 44.1 Å². The smallest absolute Gasteiger partial charge is 0.331 e. The number of carboxylic acid groups (broad SMARTS) is 1. The molecule has 2 aliphatic rings. The van der Waals surface area contributed by atoms with Crippen molar-refractivity contribution in [1.29, 1.82) is 0 Å². The number of aromatic nitrogens is 2. The molecule has 1 saturated heterocycles. The lowest BCUT2D eigenvalue weighted by atomic mass is 9.87. The van der Waals surface area contributed by atoms with Crippen molar-refractivity contribution in [2.24, 2.45) is 0 Å². The summed E-state index contributed by atoms with van der Waals surface area (Å²) >= 11 is 1.55. The third kappa shape index (κ3) is 2.66. The van der Waals surface area contributed by atoms with Crippen molar-refractivity contribution in [3.8, 4) is 0 Å². The molecule has 0 atom stereocenters. The summed E-state index contributed by atoms with van der Waals surface area (Å²) in [6, 6.07) is 1.74. The van der Waals surface area contributed by atoms with Gasteiger partial charge in [0, 0.05) is 38.3 Å². The summed E-state index contributed by atoms with van der Waals surface area (Å²) in [4.78, 5) is 27.5. The Bertz CT molecular complexity index is 789. The second kappa shape index (κ2) is 6.29. The van der Waals surface area contributed by atoms with Crippen molar-refractivity contribution in [3.63, 3.8) is 0 Å². The third-order valence-electron chi connectivity index (χ3n) is 5.52. The van der Waals surface area contributed by atoms with Gasteiger partial charge < -0.3 is 10.0 Å². The fourth-order valence-corrected chi connectivity index (χ4v) is 5.11. The first-order valence-corrected chi connectivity index (χ1v) is 9.62. The highest BCUT2D eigenvalue weighted by Gasteiger charge is 2.45. The van der Waals surface area contributed by atoms with Crippen LogP contribution >= 0.6 is 11.3 Å². The molecule has 132 valence electrons. The highest BCUT2D eigenvalue weighted by atomic mass is 32.1. The molecule has 1 amide bonds. The van der Waals surface area contributed by atoms with E-state index < -0.39 is 11.5 Å². The van der Waals surface area contributed by atoms with Crippen molar-refractivity contribution < 1.29 is 14.7 Å². The molecule has 1 aliphatic carbocycles. The summed E-state index contributed by atoms with van der Waals surface area (Å²) in [5.74, 6) is -0.815. The SMILES string of the molecule is O=C(c1scc2c1CCCC2)N1CCC(C(=O)O)(n2cccn2)CC1. The monoisotopic (exact) mass is 359 g/mol. The lowest BCUT2D eigenvalue weighted by Gasteiger charge is -2.39. The van der Waals surface area contributed by atoms with Crippen LogP contribution in [0.2, 0.25) is 0 Å². The van der Waals surface area contributed by atoms with Crippen molar-refractivity contribution in [3.05, 3.63) is 39.8 Å². The fourth-order valence-electron chi connectivity index (χ4n) is 3.99. The number of carbonyl (C=O) groups is 2. The summed E-state index contributed by atoms with van der Waals surface area (Å²) in [5.41, 5.74) is 1.51. The molecule has 0 unspecified atom stereocenters. The van der Waals surface area contributed by atoms with Crippen molar-refractivity contribution >= 4 is 23.2 Å². The lowest BCUT2D eigenvalue weighted by molar-refractivity contribution is -0.150. The molecule has 4 rings (SSSR count). The van der Waals surface area contributed by atoms with E-state index >= 15 is 0 Å². The minimum atomic E-state index is -1.05. The van der Waals surface area contributed by atoms with Crippen LogP contribution in [-0.4, -0.2) is 44.8 Å². The van der Waals surface area contributed by atoms with E-state index in [1.807, 2.05) is 4.90 Å². The summed E-state index contributed by atoms with van der Waals surface area (Å²) < 4.78 is 1.53. The molecule has 0 radical (unpaired) electrons. The molecule has 0 aromatic carbocycles. The van der Waals surface area contributed by atoms with Crippen LogP contribution in [0.1, 0.15) is 46.5 Å². The Morgan fingerprint density at radius 2 is 1.96 bits per heavy atom. The Balaban J connectivity index is 1.53.